The first kappa shape index (κ1) is 18.9. The number of aryl methyl sites for hydroxylation is 1. The number of nitrogens with zero attached hydrogens (tertiary/aromatic N) is 5. The van der Waals surface area contributed by atoms with Crippen molar-refractivity contribution in [3.05, 3.63) is 30.1 Å². The lowest BCUT2D eigenvalue weighted by molar-refractivity contribution is 0.342. The van der Waals surface area contributed by atoms with Crippen molar-refractivity contribution >= 4 is 32.5 Å². The number of hydrogen-bond donors (Lipinski definition) is 1. The maximum Gasteiger partial charge on any atom is 0.251 e. The van der Waals surface area contributed by atoms with Crippen LogP contribution < -0.4 is 15.4 Å². The summed E-state index contributed by atoms with van der Waals surface area (Å²) in [5.74, 6) is 0.714. The Morgan fingerprint density at radius 3 is 2.63 bits per heavy atom. The fraction of sp³-hybridized carbons (Fsp3) is 0.353. The molecule has 2 aromatic heterocycles. The topological polar surface area (TPSA) is 116 Å². The highest BCUT2D eigenvalue weighted by molar-refractivity contribution is 7.90. The number of hydrogen-bond acceptors (Lipinski definition) is 8. The van der Waals surface area contributed by atoms with Crippen LogP contribution in [0, 0.1) is 0 Å². The van der Waals surface area contributed by atoms with Crippen LogP contribution in [-0.2, 0) is 22.6 Å². The first-order valence-electron chi connectivity index (χ1n) is 8.33. The number of sulfone groups is 1. The molecule has 3 aromatic rings. The van der Waals surface area contributed by atoms with E-state index in [9.17, 15) is 8.42 Å². The molecule has 0 bridgehead atoms. The fourth-order valence-corrected chi connectivity index (χ4v) is 3.88. The maximum absolute atomic E-state index is 12.9. The number of nitrogens with two attached hydrogens (primary N) is 1. The average Bonchev–Trinajstić information content (AvgIpc) is 2.97. The molecule has 9 nitrogen and oxygen atoms in total. The Bertz CT molecular complexity index is 1090. The van der Waals surface area contributed by atoms with Gasteiger partial charge in [-0.25, -0.2) is 13.4 Å². The van der Waals surface area contributed by atoms with Crippen molar-refractivity contribution in [2.75, 3.05) is 31.3 Å². The van der Waals surface area contributed by atoms with Crippen molar-refractivity contribution in [3.8, 4) is 5.75 Å². The second kappa shape index (κ2) is 7.03. The molecule has 10 heteroatoms. The first-order valence-corrected chi connectivity index (χ1v) is 9.98. The van der Waals surface area contributed by atoms with Gasteiger partial charge >= 0.3 is 0 Å². The third kappa shape index (κ3) is 3.65. The van der Waals surface area contributed by atoms with E-state index in [-0.39, 0.29) is 10.9 Å². The van der Waals surface area contributed by atoms with Gasteiger partial charge in [-0.1, -0.05) is 6.07 Å². The van der Waals surface area contributed by atoms with Crippen LogP contribution in [0.5, 0.6) is 5.75 Å². The van der Waals surface area contributed by atoms with E-state index in [1.807, 2.05) is 6.92 Å². The molecule has 0 aliphatic heterocycles. The molecule has 0 saturated carbocycles. The summed E-state index contributed by atoms with van der Waals surface area (Å²) in [6, 6.07) is 4.94. The molecule has 144 valence electrons. The van der Waals surface area contributed by atoms with Gasteiger partial charge in [0.05, 0.1) is 24.4 Å². The zero-order chi connectivity index (χ0) is 19.8. The lowest BCUT2D eigenvalue weighted by Gasteiger charge is -2.13. The normalized spacial score (nSPS) is 11.7. The van der Waals surface area contributed by atoms with Gasteiger partial charge in [0.2, 0.25) is 9.84 Å². The Morgan fingerprint density at radius 2 is 2.00 bits per heavy atom. The number of rotatable bonds is 6. The molecule has 2 N–H and O–H groups in total. The van der Waals surface area contributed by atoms with Crippen molar-refractivity contribution in [2.24, 2.45) is 7.05 Å². The van der Waals surface area contributed by atoms with Gasteiger partial charge in [-0.05, 0) is 24.6 Å². The van der Waals surface area contributed by atoms with Gasteiger partial charge < -0.3 is 19.9 Å². The number of nitrogen functional groups attached to an aromatic ring is 1. The zero-order valence-electron chi connectivity index (χ0n) is 15.7. The SMILES string of the molecule is CCOc1ccc(CS(=O)(=O)c2nc(N(C)C)c3ncn(C)c3n2)cc1N. The Balaban J connectivity index is 2.02. The molecular formula is C17H22N6O3S. The third-order valence-electron chi connectivity index (χ3n) is 3.95. The summed E-state index contributed by atoms with van der Waals surface area (Å²) < 4.78 is 32.9. The Kier molecular flexibility index (Phi) is 4.92. The van der Waals surface area contributed by atoms with Crippen LogP contribution in [0.4, 0.5) is 11.5 Å². The number of ether oxygens (including phenoxy) is 1. The molecule has 3 rings (SSSR count). The average molecular weight is 390 g/mol. The monoisotopic (exact) mass is 390 g/mol. The predicted octanol–water partition coefficient (Wildman–Crippen LogP) is 1.38. The summed E-state index contributed by atoms with van der Waals surface area (Å²) in [4.78, 5) is 14.4. The molecule has 0 amide bonds. The molecule has 27 heavy (non-hydrogen) atoms. The van der Waals surface area contributed by atoms with Crippen LogP contribution in [0.25, 0.3) is 11.2 Å². The summed E-state index contributed by atoms with van der Waals surface area (Å²) in [6.07, 6.45) is 1.58. The Labute approximate surface area is 157 Å². The Morgan fingerprint density at radius 1 is 1.26 bits per heavy atom. The number of anilines is 2. The van der Waals surface area contributed by atoms with Crippen molar-refractivity contribution in [3.63, 3.8) is 0 Å². The second-order valence-electron chi connectivity index (χ2n) is 6.32. The standard InChI is InChI=1S/C17H22N6O3S/c1-5-26-13-7-6-11(8-12(13)18)9-27(24,25)17-20-15(22(2)3)14-16(21-17)23(4)10-19-14/h6-8,10H,5,9,18H2,1-4H3. The van der Waals surface area contributed by atoms with Crippen molar-refractivity contribution in [1.29, 1.82) is 0 Å². The molecule has 0 saturated heterocycles. The van der Waals surface area contributed by atoms with Gasteiger partial charge in [-0.2, -0.15) is 9.97 Å². The molecule has 0 fully saturated rings. The van der Waals surface area contributed by atoms with E-state index in [0.29, 0.717) is 40.6 Å². The van der Waals surface area contributed by atoms with E-state index in [1.54, 1.807) is 55.1 Å². The molecule has 0 atom stereocenters. The highest BCUT2D eigenvalue weighted by Crippen LogP contribution is 2.26. The van der Waals surface area contributed by atoms with Gasteiger partial charge in [0.25, 0.3) is 5.16 Å². The number of fused-ring (bicyclic) bond motifs is 1. The summed E-state index contributed by atoms with van der Waals surface area (Å²) in [6.45, 7) is 2.33. The molecule has 0 radical (unpaired) electrons. The largest absolute Gasteiger partial charge is 0.492 e. The minimum absolute atomic E-state index is 0.241. The molecule has 1 aromatic carbocycles. The Hall–Kier alpha value is -2.88. The third-order valence-corrected chi connectivity index (χ3v) is 5.41. The van der Waals surface area contributed by atoms with Crippen LogP contribution in [-0.4, -0.2) is 48.6 Å². The van der Waals surface area contributed by atoms with E-state index in [2.05, 4.69) is 15.0 Å². The van der Waals surface area contributed by atoms with Gasteiger partial charge in [0, 0.05) is 21.1 Å². The van der Waals surface area contributed by atoms with Gasteiger partial charge in [-0.3, -0.25) is 0 Å². The van der Waals surface area contributed by atoms with Gasteiger partial charge in [0.15, 0.2) is 17.0 Å². The minimum atomic E-state index is -3.78. The van der Waals surface area contributed by atoms with E-state index in [1.165, 1.54) is 0 Å². The van der Waals surface area contributed by atoms with Gasteiger partial charge in [0.1, 0.15) is 5.75 Å². The van der Waals surface area contributed by atoms with Crippen LogP contribution in [0.3, 0.4) is 0 Å². The lowest BCUT2D eigenvalue weighted by Crippen LogP contribution is -2.16. The summed E-state index contributed by atoms with van der Waals surface area (Å²) >= 11 is 0. The highest BCUT2D eigenvalue weighted by Gasteiger charge is 2.24. The smallest absolute Gasteiger partial charge is 0.251 e. The van der Waals surface area contributed by atoms with Gasteiger partial charge in [-0.15, -0.1) is 0 Å². The lowest BCUT2D eigenvalue weighted by atomic mass is 10.2. The fourth-order valence-electron chi connectivity index (χ4n) is 2.68. The van der Waals surface area contributed by atoms with Crippen LogP contribution in [0.2, 0.25) is 0 Å². The van der Waals surface area contributed by atoms with Crippen molar-refractivity contribution in [2.45, 2.75) is 17.8 Å². The van der Waals surface area contributed by atoms with E-state index >= 15 is 0 Å². The molecule has 0 aliphatic carbocycles. The molecule has 0 unspecified atom stereocenters. The summed E-state index contributed by atoms with van der Waals surface area (Å²) in [5.41, 5.74) is 7.87. The molecule has 2 heterocycles. The van der Waals surface area contributed by atoms with Crippen LogP contribution in [0.15, 0.2) is 29.7 Å². The predicted molar refractivity (Wildman–Crippen MR) is 104 cm³/mol. The van der Waals surface area contributed by atoms with Crippen molar-refractivity contribution < 1.29 is 13.2 Å². The second-order valence-corrected chi connectivity index (χ2v) is 8.20. The van der Waals surface area contributed by atoms with E-state index < -0.39 is 9.84 Å². The van der Waals surface area contributed by atoms with Crippen LogP contribution in [0.1, 0.15) is 12.5 Å². The number of aromatic nitrogens is 4. The molecule has 0 spiro atoms. The quantitative estimate of drug-likeness (QED) is 0.496. The van der Waals surface area contributed by atoms with E-state index in [4.69, 9.17) is 10.5 Å². The number of imidazole rings is 1. The first-order chi connectivity index (χ1) is 12.7. The maximum atomic E-state index is 12.9. The minimum Gasteiger partial charge on any atom is -0.492 e. The van der Waals surface area contributed by atoms with Crippen molar-refractivity contribution in [1.82, 2.24) is 19.5 Å². The van der Waals surface area contributed by atoms with Crippen LogP contribution >= 0.6 is 0 Å². The molecular weight excluding hydrogens is 368 g/mol. The van der Waals surface area contributed by atoms with E-state index in [0.717, 1.165) is 0 Å². The molecule has 0 aliphatic rings. The summed E-state index contributed by atoms with van der Waals surface area (Å²) in [5, 5.41) is -0.241. The highest BCUT2D eigenvalue weighted by atomic mass is 32.2. The summed E-state index contributed by atoms with van der Waals surface area (Å²) in [7, 11) is 1.53. The zero-order valence-corrected chi connectivity index (χ0v) is 16.5. The number of benzene rings is 1.